The molecule has 0 radical (unpaired) electrons. The van der Waals surface area contributed by atoms with E-state index in [1.54, 1.807) is 29.2 Å². The molecular formula is C23H21F2N5O2. The Labute approximate surface area is 182 Å². The van der Waals surface area contributed by atoms with Crippen molar-refractivity contribution in [1.29, 1.82) is 0 Å². The summed E-state index contributed by atoms with van der Waals surface area (Å²) in [5.41, 5.74) is 0.643. The molecule has 2 aromatic rings. The van der Waals surface area contributed by atoms with E-state index in [9.17, 15) is 18.4 Å². The highest BCUT2D eigenvalue weighted by molar-refractivity contribution is 5.99. The minimum Gasteiger partial charge on any atom is -0.323 e. The maximum absolute atomic E-state index is 14.2. The molecule has 0 aliphatic carbocycles. The fourth-order valence-electron chi connectivity index (χ4n) is 4.15. The van der Waals surface area contributed by atoms with Crippen molar-refractivity contribution in [3.8, 4) is 16.9 Å². The van der Waals surface area contributed by atoms with Gasteiger partial charge in [0.15, 0.2) is 11.6 Å². The number of likely N-dealkylation sites (N-methyl/N-ethyl adjacent to an activating group) is 1. The van der Waals surface area contributed by atoms with Crippen LogP contribution in [-0.4, -0.2) is 63.4 Å². The van der Waals surface area contributed by atoms with Gasteiger partial charge in [0, 0.05) is 37.3 Å². The van der Waals surface area contributed by atoms with Gasteiger partial charge in [0.25, 0.3) is 5.56 Å². The number of rotatable bonds is 1. The normalized spacial score (nSPS) is 15.4. The second kappa shape index (κ2) is 7.83. The van der Waals surface area contributed by atoms with Crippen molar-refractivity contribution < 1.29 is 13.6 Å². The summed E-state index contributed by atoms with van der Waals surface area (Å²) in [5, 5.41) is 4.59. The van der Waals surface area contributed by atoms with E-state index in [2.05, 4.69) is 10.00 Å². The lowest BCUT2D eigenvalue weighted by atomic mass is 10.1. The van der Waals surface area contributed by atoms with Gasteiger partial charge in [-0.25, -0.2) is 13.6 Å². The second-order valence-corrected chi connectivity index (χ2v) is 8.02. The van der Waals surface area contributed by atoms with Crippen molar-refractivity contribution in [3.05, 3.63) is 70.6 Å². The first-order chi connectivity index (χ1) is 15.4. The Bertz CT molecular complexity index is 1350. The first-order valence-corrected chi connectivity index (χ1v) is 10.4. The van der Waals surface area contributed by atoms with Gasteiger partial charge in [0.05, 0.1) is 16.8 Å². The molecular weight excluding hydrogens is 416 g/mol. The van der Waals surface area contributed by atoms with Crippen LogP contribution in [0.15, 0.2) is 53.5 Å². The first kappa shape index (κ1) is 20.3. The highest BCUT2D eigenvalue weighted by Crippen LogP contribution is 2.30. The van der Waals surface area contributed by atoms with E-state index in [4.69, 9.17) is 0 Å². The molecule has 0 atom stereocenters. The van der Waals surface area contributed by atoms with Crippen molar-refractivity contribution in [2.75, 3.05) is 33.2 Å². The predicted octanol–water partition coefficient (Wildman–Crippen LogP) is 3.18. The molecule has 3 heterocycles. The second-order valence-electron chi connectivity index (χ2n) is 8.02. The summed E-state index contributed by atoms with van der Waals surface area (Å²) in [4.78, 5) is 30.4. The van der Waals surface area contributed by atoms with Crippen LogP contribution in [0.25, 0.3) is 27.8 Å². The first-order valence-electron chi connectivity index (χ1n) is 10.4. The number of carbonyl (C=O) groups is 1. The van der Waals surface area contributed by atoms with Gasteiger partial charge in [-0.3, -0.25) is 9.36 Å². The number of carbonyl (C=O) groups excluding carboxylic acids is 1. The highest BCUT2D eigenvalue weighted by Gasteiger charge is 2.26. The quantitative estimate of drug-likeness (QED) is 0.459. The standard InChI is InChI=1S/C23H21F2N5O2/c1-27-8-5-9-28(11-10-27)23(32)29-14-17-21(16-12-18(24)19(25)13-20(16)29)26-30(22(17)31)15-6-3-2-4-7-15/h2-4,6-7,12-14H,5,8-11H2,1H3. The number of nitrogens with zero attached hydrogens (tertiary/aromatic N) is 5. The Balaban J connectivity index is 1.74. The topological polar surface area (TPSA) is 63.4 Å². The van der Waals surface area contributed by atoms with Crippen molar-refractivity contribution in [2.24, 2.45) is 0 Å². The Morgan fingerprint density at radius 2 is 1.75 bits per heavy atom. The molecule has 0 saturated carbocycles. The number of para-hydroxylation sites is 1. The van der Waals surface area contributed by atoms with Gasteiger partial charge in [-0.1, -0.05) is 18.2 Å². The Hall–Kier alpha value is -3.59. The molecule has 1 amide bonds. The molecule has 3 aliphatic heterocycles. The van der Waals surface area contributed by atoms with Crippen LogP contribution in [0.1, 0.15) is 6.42 Å². The molecule has 3 aliphatic rings. The van der Waals surface area contributed by atoms with Crippen molar-refractivity contribution >= 4 is 16.9 Å². The monoisotopic (exact) mass is 437 g/mol. The Morgan fingerprint density at radius 3 is 2.53 bits per heavy atom. The van der Waals surface area contributed by atoms with Crippen LogP contribution < -0.4 is 5.56 Å². The molecule has 7 nitrogen and oxygen atoms in total. The van der Waals surface area contributed by atoms with Gasteiger partial charge < -0.3 is 9.80 Å². The maximum atomic E-state index is 14.2. The summed E-state index contributed by atoms with van der Waals surface area (Å²) >= 11 is 0. The van der Waals surface area contributed by atoms with Gasteiger partial charge in [-0.15, -0.1) is 0 Å². The molecule has 0 unspecified atom stereocenters. The van der Waals surface area contributed by atoms with E-state index in [0.29, 0.717) is 25.3 Å². The molecule has 32 heavy (non-hydrogen) atoms. The van der Waals surface area contributed by atoms with Crippen LogP contribution in [0.3, 0.4) is 0 Å². The molecule has 5 rings (SSSR count). The number of hydrogen-bond donors (Lipinski definition) is 0. The summed E-state index contributed by atoms with van der Waals surface area (Å²) in [6, 6.07) is 10.4. The van der Waals surface area contributed by atoms with Crippen molar-refractivity contribution in [2.45, 2.75) is 6.42 Å². The lowest BCUT2D eigenvalue weighted by Crippen LogP contribution is -2.37. The number of fused-ring (bicyclic) bond motifs is 3. The fraction of sp³-hybridized carbons (Fsp3) is 0.261. The summed E-state index contributed by atoms with van der Waals surface area (Å²) in [6.45, 7) is 2.60. The van der Waals surface area contributed by atoms with Gasteiger partial charge in [-0.2, -0.15) is 9.78 Å². The van der Waals surface area contributed by atoms with E-state index in [1.165, 1.54) is 15.4 Å². The third-order valence-corrected chi connectivity index (χ3v) is 5.89. The zero-order valence-electron chi connectivity index (χ0n) is 17.5. The van der Waals surface area contributed by atoms with Crippen LogP contribution in [0.4, 0.5) is 13.6 Å². The van der Waals surface area contributed by atoms with E-state index >= 15 is 0 Å². The molecule has 0 N–H and O–H groups in total. The Kier molecular flexibility index (Phi) is 4.97. The van der Waals surface area contributed by atoms with E-state index in [1.807, 2.05) is 13.1 Å². The lowest BCUT2D eigenvalue weighted by molar-refractivity contribution is 0.202. The minimum atomic E-state index is -1.07. The van der Waals surface area contributed by atoms with Crippen LogP contribution in [0, 0.1) is 11.6 Å². The average Bonchev–Trinajstić information content (AvgIpc) is 2.97. The van der Waals surface area contributed by atoms with Gasteiger partial charge >= 0.3 is 6.03 Å². The molecule has 164 valence electrons. The molecule has 1 fully saturated rings. The lowest BCUT2D eigenvalue weighted by Gasteiger charge is -2.23. The van der Waals surface area contributed by atoms with Crippen LogP contribution in [-0.2, 0) is 0 Å². The zero-order chi connectivity index (χ0) is 22.4. The third-order valence-electron chi connectivity index (χ3n) is 5.89. The van der Waals surface area contributed by atoms with E-state index < -0.39 is 17.2 Å². The van der Waals surface area contributed by atoms with Gasteiger partial charge in [0.1, 0.15) is 5.69 Å². The molecule has 0 bridgehead atoms. The Morgan fingerprint density at radius 1 is 1.00 bits per heavy atom. The van der Waals surface area contributed by atoms with Gasteiger partial charge in [-0.05, 0) is 38.2 Å². The number of benzene rings is 2. The third kappa shape index (κ3) is 3.34. The van der Waals surface area contributed by atoms with Crippen LogP contribution in [0.5, 0.6) is 0 Å². The number of pyridine rings is 1. The summed E-state index contributed by atoms with van der Waals surface area (Å²) < 4.78 is 30.8. The molecule has 1 saturated heterocycles. The SMILES string of the molecule is CN1CCCN(C(=O)n2cc3c(=O)n(-c4ccccc4)nc-3c3cc(F)c(F)cc32)CC1. The maximum Gasteiger partial charge on any atom is 0.328 e. The predicted molar refractivity (Wildman–Crippen MR) is 116 cm³/mol. The smallest absolute Gasteiger partial charge is 0.323 e. The largest absolute Gasteiger partial charge is 0.328 e. The number of halogens is 2. The average molecular weight is 437 g/mol. The van der Waals surface area contributed by atoms with Crippen molar-refractivity contribution in [1.82, 2.24) is 24.1 Å². The molecule has 0 aromatic heterocycles. The van der Waals surface area contributed by atoms with Crippen molar-refractivity contribution in [3.63, 3.8) is 0 Å². The zero-order valence-corrected chi connectivity index (χ0v) is 17.5. The summed E-state index contributed by atoms with van der Waals surface area (Å²) in [5.74, 6) is -2.14. The summed E-state index contributed by atoms with van der Waals surface area (Å²) in [7, 11) is 1.99. The molecule has 2 aromatic carbocycles. The van der Waals surface area contributed by atoms with E-state index in [0.717, 1.165) is 25.1 Å². The number of amides is 1. The number of hydrogen-bond acceptors (Lipinski definition) is 4. The van der Waals surface area contributed by atoms with Gasteiger partial charge in [0.2, 0.25) is 0 Å². The summed E-state index contributed by atoms with van der Waals surface area (Å²) in [6.07, 6.45) is 2.19. The number of aromatic nitrogens is 3. The van der Waals surface area contributed by atoms with E-state index in [-0.39, 0.29) is 28.2 Å². The fourth-order valence-corrected chi connectivity index (χ4v) is 4.15. The van der Waals surface area contributed by atoms with Crippen LogP contribution >= 0.6 is 0 Å². The highest BCUT2D eigenvalue weighted by atomic mass is 19.2. The minimum absolute atomic E-state index is 0.160. The van der Waals surface area contributed by atoms with Crippen LogP contribution in [0.2, 0.25) is 0 Å². The molecule has 9 heteroatoms. The molecule has 0 spiro atoms.